The van der Waals surface area contributed by atoms with Gasteiger partial charge in [0.25, 0.3) is 5.17 Å². The van der Waals surface area contributed by atoms with E-state index in [4.69, 9.17) is 38.0 Å². The van der Waals surface area contributed by atoms with E-state index in [1.807, 2.05) is 6.92 Å². The Balaban J connectivity index is 1.55. The Labute approximate surface area is 182 Å². The Morgan fingerprint density at radius 1 is 1.40 bits per heavy atom. The summed E-state index contributed by atoms with van der Waals surface area (Å²) in [6.45, 7) is 3.72. The highest BCUT2D eigenvalue weighted by molar-refractivity contribution is 7.80. The molecule has 0 bridgehead atoms. The van der Waals surface area contributed by atoms with Crippen molar-refractivity contribution in [2.75, 3.05) is 31.7 Å². The lowest BCUT2D eigenvalue weighted by Gasteiger charge is -2.17. The van der Waals surface area contributed by atoms with Crippen LogP contribution in [0.5, 0.6) is 0 Å². The van der Waals surface area contributed by atoms with Gasteiger partial charge in [-0.1, -0.05) is 0 Å². The molecule has 2 aromatic rings. The van der Waals surface area contributed by atoms with Crippen LogP contribution < -0.4 is 10.6 Å². The number of rotatable bonds is 6. The van der Waals surface area contributed by atoms with E-state index in [9.17, 15) is 10.2 Å². The number of aliphatic hydroxyl groups excluding tert-OH is 2. The molecule has 164 valence electrons. The minimum absolute atomic E-state index is 0.0165. The molecule has 2 fully saturated rings. The van der Waals surface area contributed by atoms with Crippen LogP contribution in [0.25, 0.3) is 11.2 Å². The smallest absolute Gasteiger partial charge is 0.256 e. The number of thiocarbonyl (C=S) groups is 1. The fourth-order valence-electron chi connectivity index (χ4n) is 3.47. The van der Waals surface area contributed by atoms with Crippen molar-refractivity contribution in [1.82, 2.24) is 24.8 Å². The molecule has 0 spiro atoms. The first-order valence-corrected chi connectivity index (χ1v) is 10.4. The molecule has 4 N–H and O–H groups in total. The van der Waals surface area contributed by atoms with E-state index in [2.05, 4.69) is 25.6 Å². The number of nitrogens with zero attached hydrogens (tertiary/aromatic N) is 4. The van der Waals surface area contributed by atoms with Crippen LogP contribution in [0.2, 0.25) is 5.28 Å². The van der Waals surface area contributed by atoms with Crippen LogP contribution in [0.4, 0.5) is 5.82 Å². The van der Waals surface area contributed by atoms with E-state index in [1.54, 1.807) is 0 Å². The Morgan fingerprint density at radius 2 is 2.23 bits per heavy atom. The van der Waals surface area contributed by atoms with Crippen molar-refractivity contribution >= 4 is 46.0 Å². The summed E-state index contributed by atoms with van der Waals surface area (Å²) in [6, 6.07) is 0.0987. The van der Waals surface area contributed by atoms with Crippen molar-refractivity contribution < 1.29 is 24.4 Å². The summed E-state index contributed by atoms with van der Waals surface area (Å²) in [6.07, 6.45) is -1.81. The predicted octanol–water partition coefficient (Wildman–Crippen LogP) is 0.211. The molecule has 5 atom stereocenters. The first-order chi connectivity index (χ1) is 14.5. The molecule has 13 heteroatoms. The zero-order valence-corrected chi connectivity index (χ0v) is 17.8. The van der Waals surface area contributed by atoms with E-state index >= 15 is 0 Å². The molecule has 0 radical (unpaired) electrons. The quantitative estimate of drug-likeness (QED) is 0.349. The van der Waals surface area contributed by atoms with Crippen molar-refractivity contribution in [2.24, 2.45) is 0 Å². The van der Waals surface area contributed by atoms with Gasteiger partial charge in [0, 0.05) is 13.2 Å². The van der Waals surface area contributed by atoms with E-state index in [0.29, 0.717) is 36.7 Å². The monoisotopic (exact) mass is 458 g/mol. The standard InChI is InChI=1S/C17H23ClN6O5S/c1-2-19-17(30)28-6-9-11(25)12(26)15(29-9)24-7-20-10-13(21-8-3-4-27-5-8)22-16(18)23-14(10)24/h7-9,11-12,15,25-26H,2-6H2,1H3,(H,19,30)(H,21,22,23)/t8-,9-,11-,12-,15-/m1/s1. The number of imidazole rings is 1. The van der Waals surface area contributed by atoms with E-state index in [-0.39, 0.29) is 23.1 Å². The van der Waals surface area contributed by atoms with Crippen LogP contribution in [-0.4, -0.2) is 85.6 Å². The van der Waals surface area contributed by atoms with Gasteiger partial charge in [-0.3, -0.25) is 4.57 Å². The third-order valence-corrected chi connectivity index (χ3v) is 5.41. The number of hydrogen-bond acceptors (Lipinski definition) is 10. The minimum Gasteiger partial charge on any atom is -0.468 e. The van der Waals surface area contributed by atoms with Crippen LogP contribution in [-0.2, 0) is 14.2 Å². The molecular weight excluding hydrogens is 436 g/mol. The van der Waals surface area contributed by atoms with Gasteiger partial charge in [-0.15, -0.1) is 0 Å². The van der Waals surface area contributed by atoms with Gasteiger partial charge >= 0.3 is 0 Å². The van der Waals surface area contributed by atoms with Crippen LogP contribution in [0.15, 0.2) is 6.33 Å². The lowest BCUT2D eigenvalue weighted by molar-refractivity contribution is -0.0491. The molecule has 4 heterocycles. The second-order valence-electron chi connectivity index (χ2n) is 7.05. The maximum absolute atomic E-state index is 10.6. The number of anilines is 1. The number of ether oxygens (including phenoxy) is 3. The third-order valence-electron chi connectivity index (χ3n) is 4.98. The van der Waals surface area contributed by atoms with Crippen molar-refractivity contribution in [2.45, 2.75) is 43.9 Å². The third kappa shape index (κ3) is 4.29. The molecule has 0 unspecified atom stereocenters. The second kappa shape index (κ2) is 9.12. The average molecular weight is 459 g/mol. The fourth-order valence-corrected chi connectivity index (χ4v) is 3.85. The molecule has 30 heavy (non-hydrogen) atoms. The van der Waals surface area contributed by atoms with Gasteiger partial charge in [-0.25, -0.2) is 4.98 Å². The highest BCUT2D eigenvalue weighted by Crippen LogP contribution is 2.33. The van der Waals surface area contributed by atoms with Gasteiger partial charge in [-0.2, -0.15) is 9.97 Å². The predicted molar refractivity (Wildman–Crippen MR) is 111 cm³/mol. The molecule has 0 saturated carbocycles. The summed E-state index contributed by atoms with van der Waals surface area (Å²) in [5.41, 5.74) is 0.849. The molecule has 2 aliphatic heterocycles. The first-order valence-electron chi connectivity index (χ1n) is 9.64. The minimum atomic E-state index is -1.22. The Morgan fingerprint density at radius 3 is 2.97 bits per heavy atom. The number of aliphatic hydroxyl groups is 2. The lowest BCUT2D eigenvalue weighted by atomic mass is 10.1. The number of hydrogen-bond donors (Lipinski definition) is 4. The van der Waals surface area contributed by atoms with Crippen LogP contribution in [0.3, 0.4) is 0 Å². The molecule has 0 amide bonds. The second-order valence-corrected chi connectivity index (χ2v) is 7.75. The summed E-state index contributed by atoms with van der Waals surface area (Å²) in [7, 11) is 0. The Bertz CT molecular complexity index is 910. The molecule has 0 aromatic carbocycles. The van der Waals surface area contributed by atoms with Gasteiger partial charge < -0.3 is 35.1 Å². The number of fused-ring (bicyclic) bond motifs is 1. The number of nitrogens with one attached hydrogen (secondary N) is 2. The topological polar surface area (TPSA) is 136 Å². The molecule has 0 aliphatic carbocycles. The maximum atomic E-state index is 10.6. The number of halogens is 1. The summed E-state index contributed by atoms with van der Waals surface area (Å²) >= 11 is 11.1. The summed E-state index contributed by atoms with van der Waals surface area (Å²) in [4.78, 5) is 12.9. The Hall–Kier alpha value is -1.83. The molecule has 2 aliphatic rings. The molecular formula is C17H23ClN6O5S. The number of aromatic nitrogens is 4. The van der Waals surface area contributed by atoms with E-state index in [0.717, 1.165) is 6.42 Å². The lowest BCUT2D eigenvalue weighted by Crippen LogP contribution is -2.35. The van der Waals surface area contributed by atoms with Gasteiger partial charge in [0.05, 0.1) is 19.0 Å². The maximum Gasteiger partial charge on any atom is 0.256 e. The van der Waals surface area contributed by atoms with Crippen molar-refractivity contribution in [1.29, 1.82) is 0 Å². The summed E-state index contributed by atoms with van der Waals surface area (Å²) < 4.78 is 18.1. The van der Waals surface area contributed by atoms with Gasteiger partial charge in [0.15, 0.2) is 23.2 Å². The fraction of sp³-hybridized carbons (Fsp3) is 0.647. The van der Waals surface area contributed by atoms with E-state index < -0.39 is 24.5 Å². The van der Waals surface area contributed by atoms with Gasteiger partial charge in [-0.05, 0) is 37.2 Å². The average Bonchev–Trinajstić information content (AvgIpc) is 3.42. The molecule has 4 rings (SSSR count). The van der Waals surface area contributed by atoms with Crippen LogP contribution in [0, 0.1) is 0 Å². The first kappa shape index (κ1) is 21.4. The highest BCUT2D eigenvalue weighted by Gasteiger charge is 2.45. The largest absolute Gasteiger partial charge is 0.468 e. The molecule has 11 nitrogen and oxygen atoms in total. The van der Waals surface area contributed by atoms with Crippen molar-refractivity contribution in [3.63, 3.8) is 0 Å². The van der Waals surface area contributed by atoms with Crippen LogP contribution in [0.1, 0.15) is 19.6 Å². The van der Waals surface area contributed by atoms with Crippen molar-refractivity contribution in [3.05, 3.63) is 11.6 Å². The molecule has 2 saturated heterocycles. The highest BCUT2D eigenvalue weighted by atomic mass is 35.5. The Kier molecular flexibility index (Phi) is 6.51. The zero-order chi connectivity index (χ0) is 21.3. The zero-order valence-electron chi connectivity index (χ0n) is 16.2. The van der Waals surface area contributed by atoms with Crippen molar-refractivity contribution in [3.8, 4) is 0 Å². The normalized spacial score (nSPS) is 28.7. The summed E-state index contributed by atoms with van der Waals surface area (Å²) in [5.74, 6) is 0.475. The van der Waals surface area contributed by atoms with Gasteiger partial charge in [0.1, 0.15) is 24.9 Å². The van der Waals surface area contributed by atoms with Crippen LogP contribution >= 0.6 is 23.8 Å². The molecule has 2 aromatic heterocycles. The van der Waals surface area contributed by atoms with Gasteiger partial charge in [0.2, 0.25) is 5.28 Å². The SMILES string of the molecule is CCNC(=S)OC[C@H]1O[C@@H](n2cnc3c(N[C@@H]4CCOC4)nc(Cl)nc32)[C@H](O)[C@@H]1O. The van der Waals surface area contributed by atoms with E-state index in [1.165, 1.54) is 10.9 Å². The summed E-state index contributed by atoms with van der Waals surface area (Å²) in [5, 5.41) is 27.3.